The molecule has 0 saturated carbocycles. The monoisotopic (exact) mass is 210 g/mol. The Balaban J connectivity index is 2.24. The van der Waals surface area contributed by atoms with Crippen LogP contribution in [0.4, 0.5) is 5.82 Å². The lowest BCUT2D eigenvalue weighted by molar-refractivity contribution is 0.704. The van der Waals surface area contributed by atoms with Crippen molar-refractivity contribution in [2.24, 2.45) is 0 Å². The molecule has 0 radical (unpaired) electrons. The molecule has 3 rings (SSSR count). The van der Waals surface area contributed by atoms with E-state index >= 15 is 0 Å². The van der Waals surface area contributed by atoms with Crippen molar-refractivity contribution in [2.75, 3.05) is 12.0 Å². The second-order valence-electron chi connectivity index (χ2n) is 3.80. The Morgan fingerprint density at radius 3 is 3.12 bits per heavy atom. The summed E-state index contributed by atoms with van der Waals surface area (Å²) in [7, 11) is 0. The van der Waals surface area contributed by atoms with Crippen LogP contribution in [0, 0.1) is 11.3 Å². The van der Waals surface area contributed by atoms with Crippen molar-refractivity contribution in [1.29, 1.82) is 5.26 Å². The molecule has 78 valence electrons. The molecule has 0 spiro atoms. The quantitative estimate of drug-likeness (QED) is 0.693. The molecule has 16 heavy (non-hydrogen) atoms. The summed E-state index contributed by atoms with van der Waals surface area (Å²) in [6.07, 6.45) is 0. The first kappa shape index (κ1) is 9.13. The van der Waals surface area contributed by atoms with Crippen LogP contribution in [0.1, 0.15) is 11.1 Å². The largest absolute Gasteiger partial charge is 0.357 e. The molecule has 1 aromatic heterocycles. The predicted octanol–water partition coefficient (Wildman–Crippen LogP) is 1.58. The smallest absolute Gasteiger partial charge is 0.132 e. The van der Waals surface area contributed by atoms with Gasteiger partial charge in [-0.15, -0.1) is 0 Å². The minimum absolute atomic E-state index is 0.672. The molecule has 1 aliphatic rings. The van der Waals surface area contributed by atoms with Crippen LogP contribution >= 0.6 is 0 Å². The average Bonchev–Trinajstić information content (AvgIpc) is 2.35. The van der Waals surface area contributed by atoms with Crippen molar-refractivity contribution in [3.8, 4) is 6.07 Å². The Hall–Kier alpha value is -2.12. The summed E-state index contributed by atoms with van der Waals surface area (Å²) in [5.41, 5.74) is 2.74. The maximum atomic E-state index is 8.84. The number of nitriles is 1. The van der Waals surface area contributed by atoms with Gasteiger partial charge in [-0.1, -0.05) is 0 Å². The fourth-order valence-corrected chi connectivity index (χ4v) is 1.92. The molecule has 2 aromatic rings. The van der Waals surface area contributed by atoms with Gasteiger partial charge in [-0.3, -0.25) is 5.32 Å². The standard InChI is InChI=1S/C12H10N4/c13-5-8-1-2-11-9(3-8)4-10-6-14-7-15-12(10)16-11/h1-4,14H,6-7H2,(H,15,16). The molecular formula is C12H10N4. The van der Waals surface area contributed by atoms with Gasteiger partial charge in [0.25, 0.3) is 0 Å². The Labute approximate surface area is 92.9 Å². The first-order chi connectivity index (χ1) is 7.86. The van der Waals surface area contributed by atoms with Gasteiger partial charge < -0.3 is 5.32 Å². The van der Waals surface area contributed by atoms with Gasteiger partial charge in [0.1, 0.15) is 5.82 Å². The molecule has 0 atom stereocenters. The molecule has 2 heterocycles. The second-order valence-corrected chi connectivity index (χ2v) is 3.80. The van der Waals surface area contributed by atoms with Crippen LogP contribution in [0.25, 0.3) is 10.9 Å². The SMILES string of the molecule is N#Cc1ccc2nc3c(cc2c1)CNCN3. The number of anilines is 1. The van der Waals surface area contributed by atoms with Crippen LogP contribution in [-0.4, -0.2) is 11.7 Å². The molecule has 0 amide bonds. The number of benzene rings is 1. The zero-order valence-electron chi connectivity index (χ0n) is 8.62. The summed E-state index contributed by atoms with van der Waals surface area (Å²) in [4.78, 5) is 4.53. The van der Waals surface area contributed by atoms with Crippen LogP contribution in [-0.2, 0) is 6.54 Å². The highest BCUT2D eigenvalue weighted by Crippen LogP contribution is 2.22. The molecule has 4 heteroatoms. The lowest BCUT2D eigenvalue weighted by atomic mass is 10.1. The molecule has 0 unspecified atom stereocenters. The van der Waals surface area contributed by atoms with Crippen molar-refractivity contribution in [2.45, 2.75) is 6.54 Å². The third-order valence-corrected chi connectivity index (χ3v) is 2.72. The Kier molecular flexibility index (Phi) is 1.98. The van der Waals surface area contributed by atoms with E-state index in [0.29, 0.717) is 5.56 Å². The molecule has 0 bridgehead atoms. The minimum atomic E-state index is 0.672. The second kappa shape index (κ2) is 3.47. The summed E-state index contributed by atoms with van der Waals surface area (Å²) in [5.74, 6) is 0.941. The molecular weight excluding hydrogens is 200 g/mol. The Bertz CT molecular complexity index is 598. The van der Waals surface area contributed by atoms with Crippen molar-refractivity contribution in [3.63, 3.8) is 0 Å². The Morgan fingerprint density at radius 2 is 2.25 bits per heavy atom. The van der Waals surface area contributed by atoms with E-state index in [1.54, 1.807) is 6.07 Å². The number of hydrogen-bond acceptors (Lipinski definition) is 4. The molecule has 1 aliphatic heterocycles. The number of aromatic nitrogens is 1. The number of pyridine rings is 1. The zero-order chi connectivity index (χ0) is 11.0. The Morgan fingerprint density at radius 1 is 1.31 bits per heavy atom. The maximum Gasteiger partial charge on any atom is 0.132 e. The normalized spacial score (nSPS) is 13.9. The maximum absolute atomic E-state index is 8.84. The van der Waals surface area contributed by atoms with Gasteiger partial charge >= 0.3 is 0 Å². The lowest BCUT2D eigenvalue weighted by Crippen LogP contribution is -2.28. The zero-order valence-corrected chi connectivity index (χ0v) is 8.62. The summed E-state index contributed by atoms with van der Waals surface area (Å²) in [6.45, 7) is 1.57. The molecule has 4 nitrogen and oxygen atoms in total. The van der Waals surface area contributed by atoms with E-state index in [2.05, 4.69) is 27.8 Å². The van der Waals surface area contributed by atoms with Gasteiger partial charge in [0.2, 0.25) is 0 Å². The first-order valence-electron chi connectivity index (χ1n) is 5.15. The fourth-order valence-electron chi connectivity index (χ4n) is 1.92. The van der Waals surface area contributed by atoms with E-state index in [1.165, 1.54) is 0 Å². The highest BCUT2D eigenvalue weighted by atomic mass is 15.1. The van der Waals surface area contributed by atoms with Crippen LogP contribution in [0.5, 0.6) is 0 Å². The van der Waals surface area contributed by atoms with E-state index < -0.39 is 0 Å². The van der Waals surface area contributed by atoms with Crippen molar-refractivity contribution in [1.82, 2.24) is 10.3 Å². The van der Waals surface area contributed by atoms with Crippen LogP contribution in [0.2, 0.25) is 0 Å². The fraction of sp³-hybridized carbons (Fsp3) is 0.167. The average molecular weight is 210 g/mol. The summed E-state index contributed by atoms with van der Waals surface area (Å²) in [6, 6.07) is 9.77. The summed E-state index contributed by atoms with van der Waals surface area (Å²) >= 11 is 0. The number of rotatable bonds is 0. The van der Waals surface area contributed by atoms with Crippen molar-refractivity contribution in [3.05, 3.63) is 35.4 Å². The van der Waals surface area contributed by atoms with Crippen LogP contribution in [0.3, 0.4) is 0 Å². The van der Waals surface area contributed by atoms with E-state index in [1.807, 2.05) is 12.1 Å². The van der Waals surface area contributed by atoms with Gasteiger partial charge in [-0.2, -0.15) is 5.26 Å². The van der Waals surface area contributed by atoms with Crippen molar-refractivity contribution >= 4 is 16.7 Å². The number of nitrogens with zero attached hydrogens (tertiary/aromatic N) is 2. The van der Waals surface area contributed by atoms with Crippen LogP contribution < -0.4 is 10.6 Å². The summed E-state index contributed by atoms with van der Waals surface area (Å²) in [5, 5.41) is 16.3. The lowest BCUT2D eigenvalue weighted by Gasteiger charge is -2.18. The molecule has 0 saturated heterocycles. The van der Waals surface area contributed by atoms with Crippen LogP contribution in [0.15, 0.2) is 24.3 Å². The highest BCUT2D eigenvalue weighted by molar-refractivity contribution is 5.83. The molecule has 1 aromatic carbocycles. The topological polar surface area (TPSA) is 60.7 Å². The highest BCUT2D eigenvalue weighted by Gasteiger charge is 2.10. The molecule has 0 aliphatic carbocycles. The van der Waals surface area contributed by atoms with E-state index in [4.69, 9.17) is 5.26 Å². The molecule has 2 N–H and O–H groups in total. The van der Waals surface area contributed by atoms with E-state index in [0.717, 1.165) is 35.5 Å². The van der Waals surface area contributed by atoms with Gasteiger partial charge in [-0.25, -0.2) is 4.98 Å². The van der Waals surface area contributed by atoms with Crippen molar-refractivity contribution < 1.29 is 0 Å². The van der Waals surface area contributed by atoms with E-state index in [-0.39, 0.29) is 0 Å². The predicted molar refractivity (Wildman–Crippen MR) is 61.8 cm³/mol. The molecule has 0 fully saturated rings. The third-order valence-electron chi connectivity index (χ3n) is 2.72. The summed E-state index contributed by atoms with van der Waals surface area (Å²) < 4.78 is 0. The van der Waals surface area contributed by atoms with Gasteiger partial charge in [0.15, 0.2) is 0 Å². The van der Waals surface area contributed by atoms with Gasteiger partial charge in [-0.05, 0) is 24.3 Å². The van der Waals surface area contributed by atoms with Gasteiger partial charge in [0, 0.05) is 17.5 Å². The first-order valence-corrected chi connectivity index (χ1v) is 5.15. The minimum Gasteiger partial charge on any atom is -0.357 e. The number of hydrogen-bond donors (Lipinski definition) is 2. The van der Waals surface area contributed by atoms with Gasteiger partial charge in [0.05, 0.1) is 23.8 Å². The number of fused-ring (bicyclic) bond motifs is 2. The number of nitrogens with one attached hydrogen (secondary N) is 2. The van der Waals surface area contributed by atoms with E-state index in [9.17, 15) is 0 Å². The third kappa shape index (κ3) is 1.38.